The Hall–Kier alpha value is -3.15. The van der Waals surface area contributed by atoms with Gasteiger partial charge in [0.15, 0.2) is 5.69 Å². The minimum Gasteiger partial charge on any atom is -0.473 e. The Labute approximate surface area is 146 Å². The molecule has 3 aromatic rings. The molecule has 0 fully saturated rings. The Balaban J connectivity index is 1.80. The van der Waals surface area contributed by atoms with Gasteiger partial charge in [0.2, 0.25) is 5.88 Å². The van der Waals surface area contributed by atoms with Gasteiger partial charge >= 0.3 is 5.97 Å². The number of nitrogens with zero attached hydrogens (tertiary/aromatic N) is 3. The molecule has 0 aliphatic carbocycles. The van der Waals surface area contributed by atoms with Crippen molar-refractivity contribution < 1.29 is 14.3 Å². The fourth-order valence-electron chi connectivity index (χ4n) is 2.53. The zero-order valence-electron chi connectivity index (χ0n) is 14.4. The highest BCUT2D eigenvalue weighted by atomic mass is 16.5. The van der Waals surface area contributed by atoms with Crippen LogP contribution in [0.15, 0.2) is 48.7 Å². The maximum atomic E-state index is 11.6. The number of ether oxygens (including phenoxy) is 2. The Morgan fingerprint density at radius 1 is 1.20 bits per heavy atom. The Bertz CT molecular complexity index is 888. The van der Waals surface area contributed by atoms with Crippen LogP contribution in [0, 0.1) is 6.92 Å². The second kappa shape index (κ2) is 7.17. The van der Waals surface area contributed by atoms with Crippen LogP contribution in [-0.2, 0) is 18.4 Å². The van der Waals surface area contributed by atoms with Gasteiger partial charge in [0.1, 0.15) is 6.61 Å². The first-order valence-corrected chi connectivity index (χ1v) is 7.84. The summed E-state index contributed by atoms with van der Waals surface area (Å²) < 4.78 is 12.1. The molecule has 0 aliphatic rings. The van der Waals surface area contributed by atoms with E-state index >= 15 is 0 Å². The molecule has 2 heterocycles. The maximum absolute atomic E-state index is 11.6. The number of carbonyl (C=O) groups is 1. The number of hydrogen-bond donors (Lipinski definition) is 0. The van der Waals surface area contributed by atoms with Crippen molar-refractivity contribution in [3.8, 4) is 17.1 Å². The van der Waals surface area contributed by atoms with Crippen LogP contribution in [0.5, 0.6) is 5.88 Å². The second-order valence-electron chi connectivity index (χ2n) is 5.64. The molecule has 0 N–H and O–H groups in total. The summed E-state index contributed by atoms with van der Waals surface area (Å²) in [6, 6.07) is 13.5. The summed E-state index contributed by atoms with van der Waals surface area (Å²) in [5.74, 6) is 0.0933. The van der Waals surface area contributed by atoms with Gasteiger partial charge in [-0.05, 0) is 24.1 Å². The van der Waals surface area contributed by atoms with Crippen molar-refractivity contribution in [2.75, 3.05) is 7.11 Å². The smallest absolute Gasteiger partial charge is 0.358 e. The Morgan fingerprint density at radius 2 is 1.96 bits per heavy atom. The van der Waals surface area contributed by atoms with Gasteiger partial charge in [0.05, 0.1) is 12.8 Å². The third kappa shape index (κ3) is 3.68. The molecule has 0 spiro atoms. The van der Waals surface area contributed by atoms with Crippen LogP contribution in [0.1, 0.15) is 21.6 Å². The van der Waals surface area contributed by atoms with Crippen LogP contribution < -0.4 is 4.74 Å². The molecule has 6 heteroatoms. The lowest BCUT2D eigenvalue weighted by Gasteiger charge is -2.09. The van der Waals surface area contributed by atoms with Crippen molar-refractivity contribution in [1.29, 1.82) is 0 Å². The van der Waals surface area contributed by atoms with Crippen LogP contribution in [0.4, 0.5) is 0 Å². The van der Waals surface area contributed by atoms with E-state index in [1.165, 1.54) is 7.11 Å². The number of esters is 1. The molecule has 0 amide bonds. The largest absolute Gasteiger partial charge is 0.473 e. The van der Waals surface area contributed by atoms with E-state index in [1.807, 2.05) is 43.3 Å². The predicted octanol–water partition coefficient (Wildman–Crippen LogP) is 3.16. The standard InChI is InChI=1S/C19H19N3O3/c1-13-9-18(25-12-14-7-5-4-6-8-14)20-11-15(13)17-10-16(19(23)24-3)21-22(17)2/h4-11H,12H2,1-3H3. The number of rotatable bonds is 5. The summed E-state index contributed by atoms with van der Waals surface area (Å²) in [5, 5.41) is 4.18. The first kappa shape index (κ1) is 16.7. The summed E-state index contributed by atoms with van der Waals surface area (Å²) in [4.78, 5) is 16.0. The summed E-state index contributed by atoms with van der Waals surface area (Å²) >= 11 is 0. The fraction of sp³-hybridized carbons (Fsp3) is 0.211. The van der Waals surface area contributed by atoms with Crippen molar-refractivity contribution in [1.82, 2.24) is 14.8 Å². The lowest BCUT2D eigenvalue weighted by atomic mass is 10.1. The molecule has 0 unspecified atom stereocenters. The predicted molar refractivity (Wildman–Crippen MR) is 93.3 cm³/mol. The number of hydrogen-bond acceptors (Lipinski definition) is 5. The van der Waals surface area contributed by atoms with Gasteiger partial charge in [-0.3, -0.25) is 4.68 Å². The van der Waals surface area contributed by atoms with E-state index in [0.717, 1.165) is 22.4 Å². The molecule has 0 aliphatic heterocycles. The first-order chi connectivity index (χ1) is 12.1. The molecule has 3 rings (SSSR count). The summed E-state index contributed by atoms with van der Waals surface area (Å²) in [6.07, 6.45) is 1.73. The van der Waals surface area contributed by atoms with Crippen LogP contribution in [0.2, 0.25) is 0 Å². The van der Waals surface area contributed by atoms with Gasteiger partial charge in [-0.1, -0.05) is 30.3 Å². The van der Waals surface area contributed by atoms with Crippen LogP contribution >= 0.6 is 0 Å². The third-order valence-corrected chi connectivity index (χ3v) is 3.87. The highest BCUT2D eigenvalue weighted by Crippen LogP contribution is 2.26. The SMILES string of the molecule is COC(=O)c1cc(-c2cnc(OCc3ccccc3)cc2C)n(C)n1. The van der Waals surface area contributed by atoms with E-state index in [0.29, 0.717) is 12.5 Å². The molecule has 0 saturated heterocycles. The highest BCUT2D eigenvalue weighted by molar-refractivity contribution is 5.88. The average Bonchev–Trinajstić information content (AvgIpc) is 3.02. The maximum Gasteiger partial charge on any atom is 0.358 e. The normalized spacial score (nSPS) is 10.5. The van der Waals surface area contributed by atoms with E-state index in [1.54, 1.807) is 24.0 Å². The van der Waals surface area contributed by atoms with E-state index in [-0.39, 0.29) is 5.69 Å². The molecule has 2 aromatic heterocycles. The molecule has 6 nitrogen and oxygen atoms in total. The van der Waals surface area contributed by atoms with E-state index in [9.17, 15) is 4.79 Å². The number of methoxy groups -OCH3 is 1. The van der Waals surface area contributed by atoms with Gasteiger partial charge < -0.3 is 9.47 Å². The molecule has 25 heavy (non-hydrogen) atoms. The minimum atomic E-state index is -0.463. The topological polar surface area (TPSA) is 66.2 Å². The Kier molecular flexibility index (Phi) is 4.79. The molecule has 0 atom stereocenters. The van der Waals surface area contributed by atoms with Gasteiger partial charge in [0.25, 0.3) is 0 Å². The zero-order valence-corrected chi connectivity index (χ0v) is 14.4. The molecular formula is C19H19N3O3. The lowest BCUT2D eigenvalue weighted by Crippen LogP contribution is -2.03. The van der Waals surface area contributed by atoms with Crippen molar-refractivity contribution in [2.24, 2.45) is 7.05 Å². The zero-order chi connectivity index (χ0) is 17.8. The molecular weight excluding hydrogens is 318 g/mol. The second-order valence-corrected chi connectivity index (χ2v) is 5.64. The van der Waals surface area contributed by atoms with Crippen LogP contribution in [0.25, 0.3) is 11.3 Å². The number of benzene rings is 1. The van der Waals surface area contributed by atoms with Crippen molar-refractivity contribution in [3.05, 3.63) is 65.5 Å². The molecule has 0 saturated carbocycles. The summed E-state index contributed by atoms with van der Waals surface area (Å²) in [6.45, 7) is 2.43. The molecule has 1 aromatic carbocycles. The van der Waals surface area contributed by atoms with Crippen LogP contribution in [-0.4, -0.2) is 27.8 Å². The first-order valence-electron chi connectivity index (χ1n) is 7.84. The quantitative estimate of drug-likeness (QED) is 0.669. The van der Waals surface area contributed by atoms with E-state index in [2.05, 4.69) is 10.1 Å². The average molecular weight is 337 g/mol. The third-order valence-electron chi connectivity index (χ3n) is 3.87. The number of aromatic nitrogens is 3. The summed E-state index contributed by atoms with van der Waals surface area (Å²) in [7, 11) is 3.11. The van der Waals surface area contributed by atoms with Crippen molar-refractivity contribution in [3.63, 3.8) is 0 Å². The van der Waals surface area contributed by atoms with Crippen molar-refractivity contribution in [2.45, 2.75) is 13.5 Å². The fourth-order valence-corrected chi connectivity index (χ4v) is 2.53. The van der Waals surface area contributed by atoms with Crippen LogP contribution in [0.3, 0.4) is 0 Å². The molecule has 128 valence electrons. The van der Waals surface area contributed by atoms with Gasteiger partial charge in [-0.25, -0.2) is 9.78 Å². The number of aryl methyl sites for hydroxylation is 2. The van der Waals surface area contributed by atoms with Gasteiger partial charge in [-0.15, -0.1) is 0 Å². The van der Waals surface area contributed by atoms with Gasteiger partial charge in [0, 0.05) is 24.9 Å². The lowest BCUT2D eigenvalue weighted by molar-refractivity contribution is 0.0593. The molecule has 0 radical (unpaired) electrons. The van der Waals surface area contributed by atoms with E-state index in [4.69, 9.17) is 9.47 Å². The summed E-state index contributed by atoms with van der Waals surface area (Å²) in [5.41, 5.74) is 4.01. The minimum absolute atomic E-state index is 0.267. The Morgan fingerprint density at radius 3 is 2.64 bits per heavy atom. The van der Waals surface area contributed by atoms with Crippen molar-refractivity contribution >= 4 is 5.97 Å². The molecule has 0 bridgehead atoms. The number of pyridine rings is 1. The van der Waals surface area contributed by atoms with E-state index < -0.39 is 5.97 Å². The highest BCUT2D eigenvalue weighted by Gasteiger charge is 2.16. The van der Waals surface area contributed by atoms with Gasteiger partial charge in [-0.2, -0.15) is 5.10 Å². The number of carbonyl (C=O) groups excluding carboxylic acids is 1. The monoisotopic (exact) mass is 337 g/mol.